The van der Waals surface area contributed by atoms with Crippen LogP contribution in [0.3, 0.4) is 0 Å². The Labute approximate surface area is 291 Å². The van der Waals surface area contributed by atoms with Crippen molar-refractivity contribution in [2.45, 2.75) is 200 Å². The molecule has 270 valence electrons. The van der Waals surface area contributed by atoms with Crippen molar-refractivity contribution in [2.75, 3.05) is 34.3 Å². The van der Waals surface area contributed by atoms with E-state index in [1.807, 2.05) is 0 Å². The second kappa shape index (κ2) is 36.7. The fraction of sp³-hybridized carbons (Fsp3) is 0.818. The first-order valence-corrected chi connectivity index (χ1v) is 20.5. The monoisotopic (exact) mass is 643 g/mol. The van der Waals surface area contributed by atoms with Crippen LogP contribution in [0.25, 0.3) is 0 Å². The van der Waals surface area contributed by atoms with Crippen LogP contribution < -0.4 is 0 Å². The summed E-state index contributed by atoms with van der Waals surface area (Å²) in [6, 6.07) is 0. The molecule has 0 rings (SSSR count). The third-order valence-electron chi connectivity index (χ3n) is 9.03. The summed E-state index contributed by atoms with van der Waals surface area (Å²) < 4.78 is 7.49. The Hall–Kier alpha value is -1.12. The topological polar surface area (TPSA) is 9.23 Å². The molecular formula is C44H84NO+. The average Bonchev–Trinajstić information content (AvgIpc) is 3.03. The van der Waals surface area contributed by atoms with Gasteiger partial charge in [0.1, 0.15) is 0 Å². The summed E-state index contributed by atoms with van der Waals surface area (Å²) in [6.45, 7) is 6.69. The second-order valence-electron chi connectivity index (χ2n) is 15.0. The van der Waals surface area contributed by atoms with Crippen molar-refractivity contribution in [2.24, 2.45) is 0 Å². The molecule has 0 aliphatic rings. The van der Waals surface area contributed by atoms with E-state index in [9.17, 15) is 0 Å². The minimum atomic E-state index is 0.480. The Morgan fingerprint density at radius 1 is 0.413 bits per heavy atom. The van der Waals surface area contributed by atoms with Crippen molar-refractivity contribution in [3.8, 4) is 0 Å². The van der Waals surface area contributed by atoms with Gasteiger partial charge >= 0.3 is 0 Å². The van der Waals surface area contributed by atoms with Gasteiger partial charge in [-0.1, -0.05) is 159 Å². The molecule has 0 saturated heterocycles. The van der Waals surface area contributed by atoms with Crippen molar-refractivity contribution in [1.29, 1.82) is 0 Å². The number of hydrogen-bond acceptors (Lipinski definition) is 1. The van der Waals surface area contributed by atoms with E-state index in [2.05, 4.69) is 83.6 Å². The standard InChI is InChI=1S/C44H84NO/c1-6-8-10-12-14-16-18-20-22-24-26-28-30-32-34-36-38-41-44(46-43-39-42-45(3,4)5)40-37-35-33-31-29-27-25-23-21-19-17-15-13-11-9-7-2/h15-18,21-24,44H,6-14,19-20,25-43H2,1-5H3/q+1/b17-15+,18-16+,23-21+,24-22+. The predicted octanol–water partition coefficient (Wildman–Crippen LogP) is 14.3. The molecule has 1 atom stereocenters. The van der Waals surface area contributed by atoms with Gasteiger partial charge in [-0.15, -0.1) is 0 Å². The molecule has 1 unspecified atom stereocenters. The zero-order valence-corrected chi connectivity index (χ0v) is 32.3. The largest absolute Gasteiger partial charge is 0.378 e. The van der Waals surface area contributed by atoms with E-state index in [4.69, 9.17) is 4.74 Å². The van der Waals surface area contributed by atoms with Crippen LogP contribution in [0.15, 0.2) is 48.6 Å². The highest BCUT2D eigenvalue weighted by atomic mass is 16.5. The van der Waals surface area contributed by atoms with Gasteiger partial charge in [-0.2, -0.15) is 0 Å². The summed E-state index contributed by atoms with van der Waals surface area (Å²) in [5, 5.41) is 0. The smallest absolute Gasteiger partial charge is 0.0802 e. The van der Waals surface area contributed by atoms with Crippen molar-refractivity contribution in [3.63, 3.8) is 0 Å². The first-order valence-electron chi connectivity index (χ1n) is 20.5. The minimum Gasteiger partial charge on any atom is -0.378 e. The zero-order chi connectivity index (χ0) is 33.7. The van der Waals surface area contributed by atoms with E-state index in [0.29, 0.717) is 6.10 Å². The van der Waals surface area contributed by atoms with E-state index in [0.717, 1.165) is 23.9 Å². The van der Waals surface area contributed by atoms with Gasteiger partial charge in [0.2, 0.25) is 0 Å². The Bertz CT molecular complexity index is 697. The number of quaternary nitrogens is 1. The number of unbranched alkanes of at least 4 members (excludes halogenated alkanes) is 19. The summed E-state index contributed by atoms with van der Waals surface area (Å²) in [7, 11) is 6.85. The zero-order valence-electron chi connectivity index (χ0n) is 32.3. The van der Waals surface area contributed by atoms with Crippen LogP contribution >= 0.6 is 0 Å². The van der Waals surface area contributed by atoms with Gasteiger partial charge in [0, 0.05) is 6.42 Å². The first-order chi connectivity index (χ1) is 22.5. The highest BCUT2D eigenvalue weighted by Crippen LogP contribution is 2.18. The molecule has 0 bridgehead atoms. The average molecular weight is 643 g/mol. The molecule has 0 aromatic rings. The molecule has 0 aliphatic heterocycles. The molecule has 0 saturated carbocycles. The molecule has 0 heterocycles. The fourth-order valence-electron chi connectivity index (χ4n) is 6.00. The lowest BCUT2D eigenvalue weighted by Crippen LogP contribution is -2.36. The number of hydrogen-bond donors (Lipinski definition) is 0. The van der Waals surface area contributed by atoms with Crippen LogP contribution in [-0.2, 0) is 4.74 Å². The maximum atomic E-state index is 6.46. The van der Waals surface area contributed by atoms with E-state index in [1.54, 1.807) is 0 Å². The maximum absolute atomic E-state index is 6.46. The molecule has 0 fully saturated rings. The molecule has 0 aliphatic carbocycles. The molecule has 46 heavy (non-hydrogen) atoms. The van der Waals surface area contributed by atoms with Gasteiger partial charge < -0.3 is 9.22 Å². The summed E-state index contributed by atoms with van der Waals surface area (Å²) in [5.74, 6) is 0. The van der Waals surface area contributed by atoms with Crippen LogP contribution in [0.2, 0.25) is 0 Å². The van der Waals surface area contributed by atoms with Gasteiger partial charge in [0.05, 0.1) is 40.4 Å². The molecular weight excluding hydrogens is 558 g/mol. The fourth-order valence-corrected chi connectivity index (χ4v) is 6.00. The molecule has 0 aromatic heterocycles. The van der Waals surface area contributed by atoms with E-state index < -0.39 is 0 Å². The van der Waals surface area contributed by atoms with E-state index >= 15 is 0 Å². The van der Waals surface area contributed by atoms with Crippen LogP contribution in [0.5, 0.6) is 0 Å². The third kappa shape index (κ3) is 39.1. The van der Waals surface area contributed by atoms with Crippen molar-refractivity contribution < 1.29 is 9.22 Å². The van der Waals surface area contributed by atoms with Gasteiger partial charge in [0.25, 0.3) is 0 Å². The van der Waals surface area contributed by atoms with Crippen molar-refractivity contribution in [3.05, 3.63) is 48.6 Å². The molecule has 2 heteroatoms. The summed E-state index contributed by atoms with van der Waals surface area (Å²) in [4.78, 5) is 0. The number of rotatable bonds is 36. The highest BCUT2D eigenvalue weighted by Gasteiger charge is 2.11. The normalized spacial score (nSPS) is 13.4. The highest BCUT2D eigenvalue weighted by molar-refractivity contribution is 4.93. The Kier molecular flexibility index (Phi) is 35.8. The molecule has 0 aromatic carbocycles. The Balaban J connectivity index is 3.91. The van der Waals surface area contributed by atoms with Crippen molar-refractivity contribution in [1.82, 2.24) is 0 Å². The van der Waals surface area contributed by atoms with Crippen LogP contribution in [0, 0.1) is 0 Å². The van der Waals surface area contributed by atoms with Crippen LogP contribution in [0.4, 0.5) is 0 Å². The lowest BCUT2D eigenvalue weighted by molar-refractivity contribution is -0.870. The van der Waals surface area contributed by atoms with E-state index in [1.165, 1.54) is 173 Å². The van der Waals surface area contributed by atoms with Crippen LogP contribution in [0.1, 0.15) is 194 Å². The molecule has 0 amide bonds. The quantitative estimate of drug-likeness (QED) is 0.0375. The summed E-state index contributed by atoms with van der Waals surface area (Å²) in [6.07, 6.45) is 56.3. The molecule has 2 nitrogen and oxygen atoms in total. The second-order valence-corrected chi connectivity index (χ2v) is 15.0. The SMILES string of the molecule is CCCCC/C=C/C/C=C/CCCCCCCCC(CCCCCCCC/C=C/C/C=C/CCCCCC)OCCC[N+](C)(C)C. The van der Waals surface area contributed by atoms with Gasteiger partial charge in [-0.3, -0.25) is 0 Å². The lowest BCUT2D eigenvalue weighted by atomic mass is 10.0. The van der Waals surface area contributed by atoms with Gasteiger partial charge in [-0.25, -0.2) is 0 Å². The minimum absolute atomic E-state index is 0.480. The van der Waals surface area contributed by atoms with Gasteiger partial charge in [-0.05, 0) is 77.0 Å². The first kappa shape index (κ1) is 44.9. The Morgan fingerprint density at radius 2 is 0.761 bits per heavy atom. The van der Waals surface area contributed by atoms with Crippen molar-refractivity contribution >= 4 is 0 Å². The molecule has 0 radical (unpaired) electrons. The lowest BCUT2D eigenvalue weighted by Gasteiger charge is -2.24. The number of allylic oxidation sites excluding steroid dienone is 8. The third-order valence-corrected chi connectivity index (χ3v) is 9.03. The summed E-state index contributed by atoms with van der Waals surface area (Å²) in [5.41, 5.74) is 0. The van der Waals surface area contributed by atoms with Gasteiger partial charge in [0.15, 0.2) is 0 Å². The Morgan fingerprint density at radius 3 is 1.17 bits per heavy atom. The number of ether oxygens (including phenoxy) is 1. The predicted molar refractivity (Wildman–Crippen MR) is 210 cm³/mol. The molecule has 0 N–H and O–H groups in total. The molecule has 0 spiro atoms. The maximum Gasteiger partial charge on any atom is 0.0802 e. The number of nitrogens with zero attached hydrogens (tertiary/aromatic N) is 1. The summed E-state index contributed by atoms with van der Waals surface area (Å²) >= 11 is 0. The van der Waals surface area contributed by atoms with E-state index in [-0.39, 0.29) is 0 Å². The van der Waals surface area contributed by atoms with Crippen LogP contribution in [-0.4, -0.2) is 44.9 Å².